The molecule has 1 N–H and O–H groups in total. The third-order valence-electron chi connectivity index (χ3n) is 4.42. The zero-order valence-corrected chi connectivity index (χ0v) is 18.8. The predicted molar refractivity (Wildman–Crippen MR) is 113 cm³/mol. The van der Waals surface area contributed by atoms with Gasteiger partial charge in [-0.2, -0.15) is 8.78 Å². The molecule has 0 aliphatic heterocycles. The highest BCUT2D eigenvalue weighted by molar-refractivity contribution is 5.94. The molecule has 2 rings (SSSR count). The van der Waals surface area contributed by atoms with Crippen molar-refractivity contribution in [1.82, 2.24) is 5.32 Å². The van der Waals surface area contributed by atoms with Crippen molar-refractivity contribution in [3.63, 3.8) is 0 Å². The molecule has 0 heterocycles. The van der Waals surface area contributed by atoms with E-state index < -0.39 is 47.2 Å². The quantitative estimate of drug-likeness (QED) is 0.0735. The fourth-order valence-corrected chi connectivity index (χ4v) is 2.59. The van der Waals surface area contributed by atoms with Gasteiger partial charge < -0.3 is 24.3 Å². The summed E-state index contributed by atoms with van der Waals surface area (Å²) in [4.78, 5) is 34.1. The molecule has 0 spiro atoms. The van der Waals surface area contributed by atoms with E-state index in [1.165, 1.54) is 24.3 Å². The van der Waals surface area contributed by atoms with Crippen molar-refractivity contribution >= 4 is 18.2 Å². The smallest absolute Gasteiger partial charge is 0.313 e. The molecule has 0 saturated heterocycles. The van der Waals surface area contributed by atoms with Crippen molar-refractivity contribution in [2.75, 3.05) is 46.2 Å². The Morgan fingerprint density at radius 2 is 1.22 bits per heavy atom. The Labute approximate surface area is 202 Å². The molecule has 0 aliphatic carbocycles. The monoisotopic (exact) mass is 519 g/mol. The second-order valence-corrected chi connectivity index (χ2v) is 6.96. The number of ether oxygens (including phenoxy) is 4. The molecule has 196 valence electrons. The van der Waals surface area contributed by atoms with Crippen LogP contribution in [0.25, 0.3) is 0 Å². The van der Waals surface area contributed by atoms with Crippen molar-refractivity contribution in [2.45, 2.75) is 6.42 Å². The Morgan fingerprint density at radius 3 is 1.78 bits per heavy atom. The van der Waals surface area contributed by atoms with Crippen LogP contribution in [0.2, 0.25) is 0 Å². The minimum absolute atomic E-state index is 0.0504. The second kappa shape index (κ2) is 14.9. The van der Waals surface area contributed by atoms with Crippen LogP contribution in [0.3, 0.4) is 0 Å². The summed E-state index contributed by atoms with van der Waals surface area (Å²) < 4.78 is 85.9. The van der Waals surface area contributed by atoms with E-state index in [4.69, 9.17) is 14.2 Å². The molecule has 0 aromatic heterocycles. The highest BCUT2D eigenvalue weighted by Gasteiger charge is 2.28. The minimum Gasteiger partial charge on any atom is -0.420 e. The van der Waals surface area contributed by atoms with Gasteiger partial charge in [0.2, 0.25) is 34.8 Å². The Balaban J connectivity index is 1.48. The van der Waals surface area contributed by atoms with Crippen molar-refractivity contribution in [3.8, 4) is 5.75 Å². The third-order valence-corrected chi connectivity index (χ3v) is 4.42. The van der Waals surface area contributed by atoms with Gasteiger partial charge >= 0.3 is 5.97 Å². The van der Waals surface area contributed by atoms with Gasteiger partial charge in [0.05, 0.1) is 46.1 Å². The lowest BCUT2D eigenvalue weighted by Gasteiger charge is -2.09. The van der Waals surface area contributed by atoms with Crippen LogP contribution in [0.1, 0.15) is 27.1 Å². The van der Waals surface area contributed by atoms with Gasteiger partial charge in [-0.3, -0.25) is 14.4 Å². The first kappa shape index (κ1) is 28.8. The van der Waals surface area contributed by atoms with Crippen molar-refractivity contribution in [1.29, 1.82) is 0 Å². The zero-order valence-electron chi connectivity index (χ0n) is 18.8. The molecule has 0 unspecified atom stereocenters. The molecule has 0 bridgehead atoms. The van der Waals surface area contributed by atoms with Gasteiger partial charge in [-0.25, -0.2) is 13.2 Å². The van der Waals surface area contributed by atoms with E-state index in [2.05, 4.69) is 10.1 Å². The summed E-state index contributed by atoms with van der Waals surface area (Å²) in [7, 11) is 0. The highest BCUT2D eigenvalue weighted by Crippen LogP contribution is 2.29. The molecule has 13 heteroatoms. The number of amides is 1. The van der Waals surface area contributed by atoms with E-state index in [9.17, 15) is 36.3 Å². The Kier molecular flexibility index (Phi) is 11.9. The fourth-order valence-electron chi connectivity index (χ4n) is 2.59. The maximum Gasteiger partial charge on any atom is 0.313 e. The van der Waals surface area contributed by atoms with Crippen LogP contribution in [-0.2, 0) is 19.0 Å². The Morgan fingerprint density at radius 1 is 0.722 bits per heavy atom. The molecule has 0 fully saturated rings. The average molecular weight is 519 g/mol. The lowest BCUT2D eigenvalue weighted by molar-refractivity contribution is -0.136. The molecular weight excluding hydrogens is 497 g/mol. The molecule has 0 radical (unpaired) electrons. The number of benzene rings is 2. The maximum atomic E-state index is 13.5. The predicted octanol–water partition coefficient (Wildman–Crippen LogP) is 2.97. The zero-order chi connectivity index (χ0) is 26.5. The number of aldehydes is 1. The topological polar surface area (TPSA) is 100 Å². The average Bonchev–Trinajstić information content (AvgIpc) is 2.89. The normalized spacial score (nSPS) is 10.8. The van der Waals surface area contributed by atoms with Crippen LogP contribution in [-0.4, -0.2) is 64.3 Å². The lowest BCUT2D eigenvalue weighted by Crippen LogP contribution is -2.27. The Hall–Kier alpha value is -3.42. The lowest BCUT2D eigenvalue weighted by atomic mass is 10.1. The van der Waals surface area contributed by atoms with E-state index in [0.29, 0.717) is 17.4 Å². The maximum absolute atomic E-state index is 13.5. The van der Waals surface area contributed by atoms with Gasteiger partial charge in [-0.05, 0) is 12.1 Å². The first-order valence-electron chi connectivity index (χ1n) is 10.5. The van der Waals surface area contributed by atoms with Gasteiger partial charge in [-0.1, -0.05) is 12.1 Å². The molecule has 2 aromatic carbocycles. The summed E-state index contributed by atoms with van der Waals surface area (Å²) in [6.07, 6.45) is 0.175. The van der Waals surface area contributed by atoms with Gasteiger partial charge in [0.25, 0.3) is 5.91 Å². The summed E-state index contributed by atoms with van der Waals surface area (Å²) in [5, 5.41) is 2.65. The standard InChI is InChI=1S/C23H22F5NO7/c24-17-18(25)20(27)22(21(28)19(17)26)36-16(31)5-7-33-9-11-35-12-10-34-8-6-29-23(32)15-3-1-14(13-30)2-4-15/h1-4,13H,5-12H2,(H,29,32). The van der Waals surface area contributed by atoms with Gasteiger partial charge in [0.1, 0.15) is 6.29 Å². The molecule has 0 atom stereocenters. The van der Waals surface area contributed by atoms with Crippen molar-refractivity contribution in [3.05, 3.63) is 64.5 Å². The second-order valence-electron chi connectivity index (χ2n) is 6.96. The fraction of sp³-hybridized carbons (Fsp3) is 0.348. The molecule has 8 nitrogen and oxygen atoms in total. The minimum atomic E-state index is -2.36. The van der Waals surface area contributed by atoms with Crippen LogP contribution in [0.4, 0.5) is 22.0 Å². The number of hydrogen-bond donors (Lipinski definition) is 1. The van der Waals surface area contributed by atoms with E-state index in [0.717, 1.165) is 0 Å². The number of nitrogens with one attached hydrogen (secondary N) is 1. The van der Waals surface area contributed by atoms with E-state index in [1.54, 1.807) is 0 Å². The first-order valence-corrected chi connectivity index (χ1v) is 10.5. The van der Waals surface area contributed by atoms with E-state index in [1.807, 2.05) is 0 Å². The number of halogens is 5. The number of hydrogen-bond acceptors (Lipinski definition) is 7. The number of carbonyl (C=O) groups is 3. The van der Waals surface area contributed by atoms with Crippen LogP contribution in [0.5, 0.6) is 5.75 Å². The van der Waals surface area contributed by atoms with E-state index in [-0.39, 0.29) is 52.1 Å². The highest BCUT2D eigenvalue weighted by atomic mass is 19.2. The molecular formula is C23H22F5NO7. The Bertz CT molecular complexity index is 1020. The molecule has 0 saturated carbocycles. The largest absolute Gasteiger partial charge is 0.420 e. The molecule has 0 aliphatic rings. The van der Waals surface area contributed by atoms with Crippen LogP contribution in [0.15, 0.2) is 24.3 Å². The van der Waals surface area contributed by atoms with Crippen LogP contribution >= 0.6 is 0 Å². The number of carbonyl (C=O) groups excluding carboxylic acids is 3. The van der Waals surface area contributed by atoms with Gasteiger partial charge in [-0.15, -0.1) is 0 Å². The van der Waals surface area contributed by atoms with E-state index >= 15 is 0 Å². The van der Waals surface area contributed by atoms with Gasteiger partial charge in [0.15, 0.2) is 0 Å². The summed E-state index contributed by atoms with van der Waals surface area (Å²) in [5.74, 6) is -14.5. The SMILES string of the molecule is O=Cc1ccc(C(=O)NCCOCCOCCOCCC(=O)Oc2c(F)c(F)c(F)c(F)c2F)cc1. The summed E-state index contributed by atoms with van der Waals surface area (Å²) in [5.41, 5.74) is 0.878. The van der Waals surface area contributed by atoms with Crippen LogP contribution < -0.4 is 10.1 Å². The van der Waals surface area contributed by atoms with Gasteiger partial charge in [0, 0.05) is 17.7 Å². The number of esters is 1. The first-order chi connectivity index (χ1) is 17.3. The number of rotatable bonds is 15. The summed E-state index contributed by atoms with van der Waals surface area (Å²) in [6.45, 7) is 0.885. The summed E-state index contributed by atoms with van der Waals surface area (Å²) >= 11 is 0. The molecule has 2 aromatic rings. The van der Waals surface area contributed by atoms with Crippen molar-refractivity contribution < 1.29 is 55.3 Å². The summed E-state index contributed by atoms with van der Waals surface area (Å²) in [6, 6.07) is 6.14. The van der Waals surface area contributed by atoms with Crippen LogP contribution in [0, 0.1) is 29.1 Å². The third kappa shape index (κ3) is 8.66. The molecule has 36 heavy (non-hydrogen) atoms. The van der Waals surface area contributed by atoms with Crippen molar-refractivity contribution in [2.24, 2.45) is 0 Å². The molecule has 1 amide bonds.